The van der Waals surface area contributed by atoms with Crippen molar-refractivity contribution >= 4 is 17.5 Å². The summed E-state index contributed by atoms with van der Waals surface area (Å²) < 4.78 is 5.33. The number of carbonyl (C=O) groups is 2. The summed E-state index contributed by atoms with van der Waals surface area (Å²) in [7, 11) is 1.91. The van der Waals surface area contributed by atoms with Crippen LogP contribution in [0.25, 0.3) is 0 Å². The highest BCUT2D eigenvalue weighted by Crippen LogP contribution is 2.19. The second kappa shape index (κ2) is 9.71. The van der Waals surface area contributed by atoms with Gasteiger partial charge in [-0.15, -0.1) is 0 Å². The molecule has 0 radical (unpaired) electrons. The molecular weight excluding hydrogens is 368 g/mol. The number of hydrogen-bond acceptors (Lipinski definition) is 5. The van der Waals surface area contributed by atoms with Crippen LogP contribution in [0.5, 0.6) is 0 Å². The average Bonchev–Trinajstić information content (AvgIpc) is 3.18. The zero-order valence-electron chi connectivity index (χ0n) is 17.5. The molecule has 1 aromatic carbocycles. The Balaban J connectivity index is 1.41. The molecule has 0 spiro atoms. The van der Waals surface area contributed by atoms with Gasteiger partial charge in [0.1, 0.15) is 5.76 Å². The van der Waals surface area contributed by atoms with Gasteiger partial charge in [-0.25, -0.2) is 0 Å². The molecule has 156 valence electrons. The van der Waals surface area contributed by atoms with E-state index in [0.29, 0.717) is 45.8 Å². The number of nitrogens with zero attached hydrogens (tertiary/aromatic N) is 3. The topological polar surface area (TPSA) is 69.0 Å². The summed E-state index contributed by atoms with van der Waals surface area (Å²) in [6.07, 6.45) is 1.64. The number of benzene rings is 1. The Morgan fingerprint density at radius 2 is 1.76 bits per heavy atom. The molecule has 1 aliphatic rings. The first-order chi connectivity index (χ1) is 13.9. The average molecular weight is 399 g/mol. The Morgan fingerprint density at radius 1 is 1.07 bits per heavy atom. The molecule has 0 saturated carbocycles. The number of amides is 2. The van der Waals surface area contributed by atoms with Crippen LogP contribution < -0.4 is 5.32 Å². The van der Waals surface area contributed by atoms with E-state index in [1.807, 2.05) is 61.0 Å². The summed E-state index contributed by atoms with van der Waals surface area (Å²) in [6.45, 7) is 7.99. The molecule has 0 unspecified atom stereocenters. The summed E-state index contributed by atoms with van der Waals surface area (Å²) in [5, 5.41) is 3.03. The third-order valence-corrected chi connectivity index (χ3v) is 5.25. The molecule has 0 atom stereocenters. The first kappa shape index (κ1) is 21.1. The number of likely N-dealkylation sites (N-methyl/N-ethyl adjacent to an activating group) is 1. The number of aryl methyl sites for hydroxylation is 2. The van der Waals surface area contributed by atoms with Crippen LogP contribution in [0.2, 0.25) is 0 Å². The van der Waals surface area contributed by atoms with Crippen LogP contribution in [0.4, 0.5) is 5.69 Å². The van der Waals surface area contributed by atoms with Gasteiger partial charge < -0.3 is 14.6 Å². The maximum absolute atomic E-state index is 12.5. The predicted octanol–water partition coefficient (Wildman–Crippen LogP) is 2.11. The predicted molar refractivity (Wildman–Crippen MR) is 113 cm³/mol. The Bertz CT molecular complexity index is 806. The van der Waals surface area contributed by atoms with E-state index in [1.54, 1.807) is 6.26 Å². The van der Waals surface area contributed by atoms with Gasteiger partial charge in [0.15, 0.2) is 0 Å². The molecule has 2 heterocycles. The van der Waals surface area contributed by atoms with E-state index in [0.717, 1.165) is 22.6 Å². The van der Waals surface area contributed by atoms with Crippen molar-refractivity contribution in [2.75, 3.05) is 51.6 Å². The zero-order valence-corrected chi connectivity index (χ0v) is 17.5. The maximum atomic E-state index is 12.5. The number of nitrogens with one attached hydrogen (secondary N) is 1. The van der Waals surface area contributed by atoms with Crippen molar-refractivity contribution in [1.82, 2.24) is 14.7 Å². The molecule has 2 aromatic rings. The van der Waals surface area contributed by atoms with E-state index in [-0.39, 0.29) is 11.8 Å². The van der Waals surface area contributed by atoms with Crippen molar-refractivity contribution in [3.8, 4) is 0 Å². The third-order valence-electron chi connectivity index (χ3n) is 5.25. The van der Waals surface area contributed by atoms with E-state index in [4.69, 9.17) is 4.42 Å². The van der Waals surface area contributed by atoms with Crippen LogP contribution in [0.3, 0.4) is 0 Å². The SMILES string of the molecule is Cc1cccc(C)c1NC(=O)CN1CCN(C(=O)CN(C)Cc2ccco2)CC1. The standard InChI is InChI=1S/C22H30N4O3/c1-17-6-4-7-18(2)22(17)23-20(27)15-25-9-11-26(12-10-25)21(28)16-24(3)14-19-8-5-13-29-19/h4-8,13H,9-12,14-16H2,1-3H3,(H,23,27). The lowest BCUT2D eigenvalue weighted by Gasteiger charge is -2.35. The molecule has 0 bridgehead atoms. The van der Waals surface area contributed by atoms with Crippen LogP contribution in [0.1, 0.15) is 16.9 Å². The molecule has 1 aromatic heterocycles. The molecule has 7 heteroatoms. The van der Waals surface area contributed by atoms with Crippen molar-refractivity contribution in [2.24, 2.45) is 0 Å². The molecule has 1 N–H and O–H groups in total. The number of para-hydroxylation sites is 1. The second-order valence-corrected chi connectivity index (χ2v) is 7.72. The smallest absolute Gasteiger partial charge is 0.238 e. The van der Waals surface area contributed by atoms with Gasteiger partial charge >= 0.3 is 0 Å². The van der Waals surface area contributed by atoms with Crippen LogP contribution in [0.15, 0.2) is 41.0 Å². The van der Waals surface area contributed by atoms with E-state index in [1.165, 1.54) is 0 Å². The van der Waals surface area contributed by atoms with E-state index < -0.39 is 0 Å². The molecule has 1 fully saturated rings. The van der Waals surface area contributed by atoms with E-state index in [9.17, 15) is 9.59 Å². The third kappa shape index (κ3) is 5.92. The summed E-state index contributed by atoms with van der Waals surface area (Å²) in [5.74, 6) is 0.944. The van der Waals surface area contributed by atoms with Gasteiger partial charge in [-0.2, -0.15) is 0 Å². The molecular formula is C22H30N4O3. The highest BCUT2D eigenvalue weighted by atomic mass is 16.3. The number of rotatable bonds is 7. The quantitative estimate of drug-likeness (QED) is 0.774. The summed E-state index contributed by atoms with van der Waals surface area (Å²) in [4.78, 5) is 30.9. The van der Waals surface area contributed by atoms with E-state index >= 15 is 0 Å². The highest BCUT2D eigenvalue weighted by Gasteiger charge is 2.23. The summed E-state index contributed by atoms with van der Waals surface area (Å²) in [6, 6.07) is 9.73. The van der Waals surface area contributed by atoms with Crippen molar-refractivity contribution in [3.05, 3.63) is 53.5 Å². The lowest BCUT2D eigenvalue weighted by Crippen LogP contribution is -2.52. The van der Waals surface area contributed by atoms with Gasteiger partial charge in [-0.3, -0.25) is 19.4 Å². The normalized spacial score (nSPS) is 15.0. The molecule has 3 rings (SSSR count). The minimum Gasteiger partial charge on any atom is -0.468 e. The minimum atomic E-state index is -0.0136. The Morgan fingerprint density at radius 3 is 2.38 bits per heavy atom. The van der Waals surface area contributed by atoms with Crippen LogP contribution in [-0.2, 0) is 16.1 Å². The lowest BCUT2D eigenvalue weighted by atomic mass is 10.1. The van der Waals surface area contributed by atoms with Gasteiger partial charge in [0.2, 0.25) is 11.8 Å². The molecule has 7 nitrogen and oxygen atoms in total. The molecule has 1 saturated heterocycles. The minimum absolute atomic E-state index is 0.0136. The van der Waals surface area contributed by atoms with Crippen molar-refractivity contribution in [3.63, 3.8) is 0 Å². The summed E-state index contributed by atoms with van der Waals surface area (Å²) in [5.41, 5.74) is 3.02. The van der Waals surface area contributed by atoms with Gasteiger partial charge in [-0.1, -0.05) is 18.2 Å². The van der Waals surface area contributed by atoms with Crippen molar-refractivity contribution < 1.29 is 14.0 Å². The molecule has 0 aliphatic carbocycles. The van der Waals surface area contributed by atoms with Crippen molar-refractivity contribution in [2.45, 2.75) is 20.4 Å². The summed E-state index contributed by atoms with van der Waals surface area (Å²) >= 11 is 0. The Hall–Kier alpha value is -2.64. The number of furan rings is 1. The van der Waals surface area contributed by atoms with E-state index in [2.05, 4.69) is 10.2 Å². The Labute approximate surface area is 172 Å². The van der Waals surface area contributed by atoms with Crippen LogP contribution >= 0.6 is 0 Å². The maximum Gasteiger partial charge on any atom is 0.238 e. The largest absolute Gasteiger partial charge is 0.468 e. The van der Waals surface area contributed by atoms with Crippen LogP contribution in [-0.4, -0.2) is 72.8 Å². The fraction of sp³-hybridized carbons (Fsp3) is 0.455. The van der Waals surface area contributed by atoms with Gasteiger partial charge in [0.25, 0.3) is 0 Å². The van der Waals surface area contributed by atoms with Crippen molar-refractivity contribution in [1.29, 1.82) is 0 Å². The first-order valence-electron chi connectivity index (χ1n) is 9.99. The number of hydrogen-bond donors (Lipinski definition) is 1. The first-order valence-corrected chi connectivity index (χ1v) is 9.99. The fourth-order valence-electron chi connectivity index (χ4n) is 3.60. The second-order valence-electron chi connectivity index (χ2n) is 7.72. The Kier molecular flexibility index (Phi) is 7.06. The number of anilines is 1. The highest BCUT2D eigenvalue weighted by molar-refractivity contribution is 5.93. The van der Waals surface area contributed by atoms with Crippen LogP contribution in [0, 0.1) is 13.8 Å². The molecule has 2 amide bonds. The zero-order chi connectivity index (χ0) is 20.8. The van der Waals surface area contributed by atoms with Gasteiger partial charge in [0, 0.05) is 31.9 Å². The van der Waals surface area contributed by atoms with Gasteiger partial charge in [-0.05, 0) is 44.2 Å². The number of carbonyl (C=O) groups excluding carboxylic acids is 2. The fourth-order valence-corrected chi connectivity index (χ4v) is 3.60. The monoisotopic (exact) mass is 398 g/mol. The molecule has 1 aliphatic heterocycles. The van der Waals surface area contributed by atoms with Gasteiger partial charge in [0.05, 0.1) is 25.9 Å². The molecule has 29 heavy (non-hydrogen) atoms. The number of piperazine rings is 1. The lowest BCUT2D eigenvalue weighted by molar-refractivity contribution is -0.134.